The van der Waals surface area contributed by atoms with E-state index in [4.69, 9.17) is 23.4 Å². The molecule has 0 spiro atoms. The molecule has 0 unspecified atom stereocenters. The van der Waals surface area contributed by atoms with E-state index in [-0.39, 0.29) is 55.7 Å². The smallest absolute Gasteiger partial charge is 0.268 e. The molecule has 11 aromatic carbocycles. The minimum atomic E-state index is -0.579. The second-order valence-corrected chi connectivity index (χ2v) is 20.0. The second-order valence-electron chi connectivity index (χ2n) is 20.0. The van der Waals surface area contributed by atoms with Gasteiger partial charge in [-0.2, -0.15) is 18.2 Å². The maximum atomic E-state index is 9.12. The molecule has 82 heavy (non-hydrogen) atoms. The molecule has 4 heterocycles. The fourth-order valence-electron chi connectivity index (χ4n) is 11.8. The summed E-state index contributed by atoms with van der Waals surface area (Å²) in [6, 6.07) is 68.1. The molecule has 0 aliphatic carbocycles. The summed E-state index contributed by atoms with van der Waals surface area (Å²) < 4.78 is 100. The van der Waals surface area contributed by atoms with Crippen LogP contribution in [0.15, 0.2) is 267 Å². The number of nitrogens with zero attached hydrogens (tertiary/aromatic N) is 5. The van der Waals surface area contributed by atoms with Gasteiger partial charge in [0.1, 0.15) is 5.82 Å². The molecule has 15 rings (SSSR count). The van der Waals surface area contributed by atoms with Crippen molar-refractivity contribution in [2.45, 2.75) is 13.8 Å². The van der Waals surface area contributed by atoms with Gasteiger partial charge in [0.05, 0.1) is 36.1 Å². The average Bonchev–Trinajstić information content (AvgIpc) is 0.985. The molecule has 392 valence electrons. The van der Waals surface area contributed by atoms with Crippen LogP contribution in [0.3, 0.4) is 0 Å². The van der Waals surface area contributed by atoms with E-state index in [2.05, 4.69) is 151 Å². The van der Waals surface area contributed by atoms with Crippen molar-refractivity contribution in [3.8, 4) is 62.1 Å². The van der Waals surface area contributed by atoms with Crippen LogP contribution in [0.4, 0.5) is 17.1 Å². The molecule has 1 aliphatic rings. The van der Waals surface area contributed by atoms with Crippen molar-refractivity contribution in [1.29, 1.82) is 0 Å². The van der Waals surface area contributed by atoms with E-state index in [0.29, 0.717) is 34.0 Å². The van der Waals surface area contributed by atoms with Gasteiger partial charge in [0, 0.05) is 61.7 Å². The molecule has 1 aliphatic heterocycles. The van der Waals surface area contributed by atoms with Crippen LogP contribution in [0.5, 0.6) is 11.5 Å². The molecule has 0 atom stereocenters. The van der Waals surface area contributed by atoms with Crippen LogP contribution in [0.25, 0.3) is 83.4 Å². The summed E-state index contributed by atoms with van der Waals surface area (Å²) in [5.74, 6) is 1.40. The summed E-state index contributed by atoms with van der Waals surface area (Å²) in [4.78, 5) is 7.46. The van der Waals surface area contributed by atoms with Gasteiger partial charge in [0.25, 0.3) is 6.33 Å². The van der Waals surface area contributed by atoms with E-state index in [0.717, 1.165) is 50.0 Å². The molecular weight excluding hydrogens is 1180 g/mol. The van der Waals surface area contributed by atoms with Crippen molar-refractivity contribution in [3.05, 3.63) is 296 Å². The maximum Gasteiger partial charge on any atom is 0.268 e. The van der Waals surface area contributed by atoms with Gasteiger partial charge in [-0.25, -0.2) is 4.98 Å². The topological polar surface area (TPSA) is 39.1 Å². The molecule has 0 N–H and O–H groups in total. The Morgan fingerprint density at radius 2 is 1.16 bits per heavy atom. The zero-order valence-corrected chi connectivity index (χ0v) is 46.4. The zero-order chi connectivity index (χ0) is 62.7. The van der Waals surface area contributed by atoms with Crippen molar-refractivity contribution in [2.75, 3.05) is 4.90 Å². The van der Waals surface area contributed by atoms with Gasteiger partial charge in [-0.1, -0.05) is 222 Å². The van der Waals surface area contributed by atoms with Crippen LogP contribution in [0.1, 0.15) is 24.8 Å². The van der Waals surface area contributed by atoms with Crippen LogP contribution < -0.4 is 30.6 Å². The first-order valence-corrected chi connectivity index (χ1v) is 26.7. The first-order valence-electron chi connectivity index (χ1n) is 31.7. The van der Waals surface area contributed by atoms with Crippen molar-refractivity contribution in [1.82, 2.24) is 14.1 Å². The molecule has 0 amide bonds. The van der Waals surface area contributed by atoms with Gasteiger partial charge in [-0.3, -0.25) is 4.57 Å². The Labute approximate surface area is 505 Å². The molecule has 0 fully saturated rings. The van der Waals surface area contributed by atoms with Gasteiger partial charge in [0.2, 0.25) is 6.71 Å². The average molecular weight is 1240 g/mol. The monoisotopic (exact) mass is 1240 g/mol. The Hall–Kier alpha value is -9.81. The number of hydrogen-bond donors (Lipinski definition) is 0. The molecule has 3 aromatic heterocycles. The fourth-order valence-corrected chi connectivity index (χ4v) is 11.8. The van der Waals surface area contributed by atoms with E-state index in [1.54, 1.807) is 33.4 Å². The summed E-state index contributed by atoms with van der Waals surface area (Å²) in [5.41, 5.74) is 14.8. The Morgan fingerprint density at radius 1 is 0.524 bits per heavy atom. The van der Waals surface area contributed by atoms with Gasteiger partial charge in [-0.05, 0) is 93.5 Å². The number of aromatic nitrogens is 4. The largest absolute Gasteiger partial charge is 0.510 e. The minimum absolute atomic E-state index is 0. The Bertz CT molecular complexity index is 5160. The van der Waals surface area contributed by atoms with Crippen LogP contribution in [-0.4, -0.2) is 20.8 Å². The van der Waals surface area contributed by atoms with E-state index in [1.165, 1.54) is 27.5 Å². The van der Waals surface area contributed by atoms with Crippen molar-refractivity contribution in [2.24, 2.45) is 0 Å². The van der Waals surface area contributed by atoms with Crippen molar-refractivity contribution < 1.29 is 44.1 Å². The van der Waals surface area contributed by atoms with Crippen LogP contribution in [-0.2, 0) is 21.1 Å². The summed E-state index contributed by atoms with van der Waals surface area (Å²) in [6.45, 7) is 4.41. The normalized spacial score (nSPS) is 13.6. The first-order chi connectivity index (χ1) is 44.2. The molecule has 6 nitrogen and oxygen atoms in total. The van der Waals surface area contributed by atoms with Gasteiger partial charge >= 0.3 is 0 Å². The SMILES string of the molecule is [2H]c1c([2H])c([2H])c(-c2cccc(-c3c([2H])c([2H])c([2H])c([2H])c3[2H])c2-[n+]2[c-]n(-c3[c-]c(Oc4[c-]c5c(cc4)c4cc(-c6ccccc6)ccc4n5-c4cc(N5c6ccccc6B(c6c(C)cccc6C)c6ccccc65)ccn4)ccc3)c3ccccc32)c([2H])c1[2H].[Pt]. The van der Waals surface area contributed by atoms with Crippen LogP contribution in [0, 0.1) is 32.3 Å². The molecular formula is C74H50BN5OPt-2. The van der Waals surface area contributed by atoms with Crippen LogP contribution in [0.2, 0.25) is 0 Å². The summed E-state index contributed by atoms with van der Waals surface area (Å²) >= 11 is 0. The number of imidazole rings is 1. The first kappa shape index (κ1) is 40.4. The van der Waals surface area contributed by atoms with E-state index < -0.39 is 60.4 Å². The number of para-hydroxylation sites is 5. The Balaban J connectivity index is 0.00000735. The van der Waals surface area contributed by atoms with Gasteiger partial charge in [0.15, 0.2) is 0 Å². The standard InChI is InChI=1S/C74H50BN5O.Pt/c1-50-21-18-22-51(2)73(50)75-64-33-12-14-35-67(64)79(68-36-15-13-34-65(68)75)57-43-44-76-72(47-57)80-66-42-39-55(52-23-6-3-7-24-52)45-63(66)62-41-40-59(48-71(62)80)81-58-30-19-29-56(46-58)77-49-78(70-38-17-16-37-69(70)77)74-60(53-25-8-4-9-26-53)31-20-32-61(74)54-27-10-5-11-28-54;/h3-45,47H,1-2H3;/q-2;/i4D,5D,8D,9D,10D,11D,25D,26D,27D,28D;. The van der Waals surface area contributed by atoms with Crippen molar-refractivity contribution in [3.63, 3.8) is 0 Å². The number of hydrogen-bond acceptors (Lipinski definition) is 3. The zero-order valence-electron chi connectivity index (χ0n) is 54.2. The number of pyridine rings is 1. The third-order valence-corrected chi connectivity index (χ3v) is 15.4. The van der Waals surface area contributed by atoms with Gasteiger partial charge in [-0.15, -0.1) is 29.7 Å². The molecule has 0 bridgehead atoms. The number of aryl methyl sites for hydroxylation is 2. The minimum Gasteiger partial charge on any atom is -0.510 e. The second kappa shape index (κ2) is 21.0. The Morgan fingerprint density at radius 3 is 1.88 bits per heavy atom. The quantitative estimate of drug-likeness (QED) is 0.0778. The van der Waals surface area contributed by atoms with E-state index in [9.17, 15) is 0 Å². The van der Waals surface area contributed by atoms with Crippen molar-refractivity contribution >= 4 is 73.0 Å². The summed E-state index contributed by atoms with van der Waals surface area (Å²) in [5, 5.41) is 1.93. The van der Waals surface area contributed by atoms with E-state index >= 15 is 0 Å². The Kier molecular flexibility index (Phi) is 10.3. The predicted molar refractivity (Wildman–Crippen MR) is 332 cm³/mol. The molecule has 0 saturated carbocycles. The predicted octanol–water partition coefficient (Wildman–Crippen LogP) is 15.5. The molecule has 14 aromatic rings. The summed E-state index contributed by atoms with van der Waals surface area (Å²) in [6.07, 6.45) is 5.31. The number of benzene rings is 11. The number of ether oxygens (including phenoxy) is 1. The fraction of sp³-hybridized carbons (Fsp3) is 0.0270. The third-order valence-electron chi connectivity index (χ3n) is 15.4. The summed E-state index contributed by atoms with van der Waals surface area (Å²) in [7, 11) is 0. The van der Waals surface area contributed by atoms with Gasteiger partial charge < -0.3 is 18.8 Å². The third kappa shape index (κ3) is 8.64. The van der Waals surface area contributed by atoms with E-state index in [1.807, 2.05) is 72.9 Å². The maximum absolute atomic E-state index is 9.12. The number of fused-ring (bicyclic) bond motifs is 6. The molecule has 8 heteroatoms. The number of anilines is 3. The number of rotatable bonds is 10. The molecule has 0 radical (unpaired) electrons. The van der Waals surface area contributed by atoms with Crippen LogP contribution >= 0.6 is 0 Å². The molecule has 0 saturated heterocycles.